The third-order valence-corrected chi connectivity index (χ3v) is 6.98. The normalized spacial score (nSPS) is 12.0. The van der Waals surface area contributed by atoms with E-state index in [-0.39, 0.29) is 11.9 Å². The van der Waals surface area contributed by atoms with Crippen LogP contribution in [0.2, 0.25) is 0 Å². The lowest BCUT2D eigenvalue weighted by Crippen LogP contribution is -2.35. The lowest BCUT2D eigenvalue weighted by molar-refractivity contribution is 0.0941. The molecule has 1 heterocycles. The Bertz CT molecular complexity index is 988. The van der Waals surface area contributed by atoms with Gasteiger partial charge in [-0.1, -0.05) is 48.2 Å². The molecule has 0 saturated heterocycles. The number of ether oxygens (including phenoxy) is 1. The number of nitrogens with zero attached hydrogens (tertiary/aromatic N) is 2. The number of para-hydroxylation sites is 1. The minimum absolute atomic E-state index is 0.00457. The number of carbonyl (C=O) groups excluding carboxylic acids is 1. The van der Waals surface area contributed by atoms with Gasteiger partial charge < -0.3 is 15.0 Å². The summed E-state index contributed by atoms with van der Waals surface area (Å²) >= 11 is 3.30. The number of methoxy groups -OCH3 is 1. The lowest BCUT2D eigenvalue weighted by atomic mass is 10.0. The van der Waals surface area contributed by atoms with Crippen molar-refractivity contribution in [3.63, 3.8) is 0 Å². The third-order valence-electron chi connectivity index (χ3n) is 4.79. The second-order valence-corrected chi connectivity index (χ2v) is 9.21. The summed E-state index contributed by atoms with van der Waals surface area (Å²) in [7, 11) is 5.68. The summed E-state index contributed by atoms with van der Waals surface area (Å²) in [5.41, 5.74) is 3.79. The highest BCUT2D eigenvalue weighted by molar-refractivity contribution is 8.00. The molecule has 0 bridgehead atoms. The van der Waals surface area contributed by atoms with Crippen LogP contribution in [0.3, 0.4) is 0 Å². The quantitative estimate of drug-likeness (QED) is 0.484. The van der Waals surface area contributed by atoms with E-state index in [1.54, 1.807) is 30.2 Å². The average Bonchev–Trinajstić information content (AvgIpc) is 3.17. The molecule has 1 amide bonds. The summed E-state index contributed by atoms with van der Waals surface area (Å²) in [6.45, 7) is 2.48. The van der Waals surface area contributed by atoms with Crippen molar-refractivity contribution in [2.75, 3.05) is 27.7 Å². The molecule has 0 radical (unpaired) electrons. The van der Waals surface area contributed by atoms with Gasteiger partial charge >= 0.3 is 0 Å². The number of rotatable bonds is 9. The van der Waals surface area contributed by atoms with E-state index in [0.717, 1.165) is 26.9 Å². The molecule has 3 aromatic rings. The van der Waals surface area contributed by atoms with Gasteiger partial charge in [-0.25, -0.2) is 4.98 Å². The molecule has 1 atom stereocenters. The van der Waals surface area contributed by atoms with Gasteiger partial charge in [0.05, 0.1) is 13.2 Å². The number of hydrogen-bond donors (Lipinski definition) is 1. The van der Waals surface area contributed by atoms with Crippen molar-refractivity contribution in [3.05, 3.63) is 76.3 Å². The van der Waals surface area contributed by atoms with E-state index in [1.165, 1.54) is 0 Å². The van der Waals surface area contributed by atoms with E-state index in [1.807, 2.05) is 74.9 Å². The minimum Gasteiger partial charge on any atom is -0.496 e. The number of aryl methyl sites for hydroxylation is 1. The molecule has 0 aliphatic rings. The molecule has 1 unspecified atom stereocenters. The predicted molar refractivity (Wildman–Crippen MR) is 125 cm³/mol. The lowest BCUT2D eigenvalue weighted by Gasteiger charge is -2.26. The minimum atomic E-state index is -0.0664. The number of carbonyl (C=O) groups is 1. The van der Waals surface area contributed by atoms with Crippen molar-refractivity contribution in [3.8, 4) is 5.75 Å². The zero-order chi connectivity index (χ0) is 21.5. The standard InChI is InChI=1S/C23H27N3O2S2/c1-16-14-29-23(25-16)30-15-17-9-5-6-10-18(17)22(27)24-13-20(26(2)3)19-11-7-8-12-21(19)28-4/h5-12,14,20H,13,15H2,1-4H3,(H,24,27). The molecule has 0 spiro atoms. The number of amides is 1. The number of thioether (sulfide) groups is 1. The van der Waals surface area contributed by atoms with Gasteiger partial charge in [0.15, 0.2) is 0 Å². The van der Waals surface area contributed by atoms with Crippen LogP contribution in [0.1, 0.15) is 33.2 Å². The fourth-order valence-electron chi connectivity index (χ4n) is 3.20. The van der Waals surface area contributed by atoms with Gasteiger partial charge in [0.1, 0.15) is 10.1 Å². The van der Waals surface area contributed by atoms with Gasteiger partial charge in [-0.2, -0.15) is 0 Å². The molecule has 5 nitrogen and oxygen atoms in total. The molecule has 0 aliphatic heterocycles. The van der Waals surface area contributed by atoms with Crippen LogP contribution in [-0.2, 0) is 5.75 Å². The van der Waals surface area contributed by atoms with Crippen LogP contribution in [-0.4, -0.2) is 43.5 Å². The van der Waals surface area contributed by atoms with Crippen LogP contribution in [0, 0.1) is 6.92 Å². The molecule has 158 valence electrons. The van der Waals surface area contributed by atoms with E-state index in [4.69, 9.17) is 4.74 Å². The number of likely N-dealkylation sites (N-methyl/N-ethyl adjacent to an activating group) is 1. The van der Waals surface area contributed by atoms with Crippen molar-refractivity contribution in [1.82, 2.24) is 15.2 Å². The topological polar surface area (TPSA) is 54.5 Å². The Hall–Kier alpha value is -2.35. The first-order chi connectivity index (χ1) is 14.5. The second kappa shape index (κ2) is 10.6. The maximum Gasteiger partial charge on any atom is 0.251 e. The maximum absolute atomic E-state index is 13.0. The van der Waals surface area contributed by atoms with Crippen LogP contribution < -0.4 is 10.1 Å². The molecule has 7 heteroatoms. The largest absolute Gasteiger partial charge is 0.496 e. The van der Waals surface area contributed by atoms with Crippen LogP contribution in [0.4, 0.5) is 0 Å². The number of benzene rings is 2. The monoisotopic (exact) mass is 441 g/mol. The van der Waals surface area contributed by atoms with Crippen LogP contribution in [0.5, 0.6) is 5.75 Å². The van der Waals surface area contributed by atoms with Crippen molar-refractivity contribution in [2.24, 2.45) is 0 Å². The van der Waals surface area contributed by atoms with E-state index < -0.39 is 0 Å². The predicted octanol–water partition coefficient (Wildman–Crippen LogP) is 4.79. The Morgan fingerprint density at radius 1 is 1.20 bits per heavy atom. The van der Waals surface area contributed by atoms with E-state index in [2.05, 4.69) is 15.2 Å². The summed E-state index contributed by atoms with van der Waals surface area (Å²) in [6, 6.07) is 15.7. The van der Waals surface area contributed by atoms with Crippen molar-refractivity contribution in [2.45, 2.75) is 23.1 Å². The Balaban J connectivity index is 1.70. The van der Waals surface area contributed by atoms with Gasteiger partial charge in [-0.15, -0.1) is 11.3 Å². The second-order valence-electron chi connectivity index (χ2n) is 7.13. The van der Waals surface area contributed by atoms with E-state index in [0.29, 0.717) is 17.9 Å². The fraction of sp³-hybridized carbons (Fsp3) is 0.304. The van der Waals surface area contributed by atoms with Gasteiger partial charge in [0.2, 0.25) is 0 Å². The third kappa shape index (κ3) is 5.62. The van der Waals surface area contributed by atoms with Gasteiger partial charge in [-0.3, -0.25) is 4.79 Å². The number of thiazole rings is 1. The molecule has 3 rings (SSSR count). The van der Waals surface area contributed by atoms with Crippen LogP contribution in [0.25, 0.3) is 0 Å². The summed E-state index contributed by atoms with van der Waals surface area (Å²) < 4.78 is 6.54. The molecule has 0 saturated carbocycles. The smallest absolute Gasteiger partial charge is 0.251 e. The molecular formula is C23H27N3O2S2. The summed E-state index contributed by atoms with van der Waals surface area (Å²) in [5, 5.41) is 5.16. The Labute approximate surface area is 186 Å². The summed E-state index contributed by atoms with van der Waals surface area (Å²) in [5.74, 6) is 1.46. The van der Waals surface area contributed by atoms with Crippen LogP contribution in [0.15, 0.2) is 58.3 Å². The van der Waals surface area contributed by atoms with Crippen molar-refractivity contribution in [1.29, 1.82) is 0 Å². The van der Waals surface area contributed by atoms with Gasteiger partial charge in [0.25, 0.3) is 5.91 Å². The Morgan fingerprint density at radius 3 is 2.63 bits per heavy atom. The Kier molecular flexibility index (Phi) is 7.90. The van der Waals surface area contributed by atoms with Crippen LogP contribution >= 0.6 is 23.1 Å². The number of aromatic nitrogens is 1. The molecule has 1 aromatic heterocycles. The number of hydrogen-bond acceptors (Lipinski definition) is 6. The first kappa shape index (κ1) is 22.3. The van der Waals surface area contributed by atoms with E-state index >= 15 is 0 Å². The molecule has 1 N–H and O–H groups in total. The molecule has 0 fully saturated rings. The SMILES string of the molecule is COc1ccccc1C(CNC(=O)c1ccccc1CSc1nc(C)cs1)N(C)C. The van der Waals surface area contributed by atoms with Crippen molar-refractivity contribution >= 4 is 29.0 Å². The highest BCUT2D eigenvalue weighted by atomic mass is 32.2. The first-order valence-corrected chi connectivity index (χ1v) is 11.6. The van der Waals surface area contributed by atoms with Gasteiger partial charge in [-0.05, 0) is 38.7 Å². The Morgan fingerprint density at radius 2 is 1.93 bits per heavy atom. The average molecular weight is 442 g/mol. The zero-order valence-corrected chi connectivity index (χ0v) is 19.3. The highest BCUT2D eigenvalue weighted by Crippen LogP contribution is 2.29. The summed E-state index contributed by atoms with van der Waals surface area (Å²) in [4.78, 5) is 19.6. The first-order valence-electron chi connectivity index (χ1n) is 9.70. The molecular weight excluding hydrogens is 414 g/mol. The molecule has 2 aromatic carbocycles. The molecule has 30 heavy (non-hydrogen) atoms. The fourth-order valence-corrected chi connectivity index (χ4v) is 5.06. The number of nitrogens with one attached hydrogen (secondary N) is 1. The van der Waals surface area contributed by atoms with Crippen molar-refractivity contribution < 1.29 is 9.53 Å². The zero-order valence-electron chi connectivity index (χ0n) is 17.7. The molecule has 0 aliphatic carbocycles. The van der Waals surface area contributed by atoms with E-state index in [9.17, 15) is 4.79 Å². The highest BCUT2D eigenvalue weighted by Gasteiger charge is 2.20. The maximum atomic E-state index is 13.0. The van der Waals surface area contributed by atoms with Gasteiger partial charge in [0, 0.05) is 34.5 Å². The summed E-state index contributed by atoms with van der Waals surface area (Å²) in [6.07, 6.45) is 0.